The Balaban J connectivity index is 1.57. The molecule has 1 atom stereocenters. The molecule has 0 radical (unpaired) electrons. The van der Waals surface area contributed by atoms with Gasteiger partial charge in [-0.15, -0.1) is 0 Å². The van der Waals surface area contributed by atoms with E-state index in [2.05, 4.69) is 10.6 Å². The van der Waals surface area contributed by atoms with Gasteiger partial charge in [0.1, 0.15) is 5.54 Å². The van der Waals surface area contributed by atoms with Crippen LogP contribution in [-0.4, -0.2) is 29.1 Å². The first-order valence-corrected chi connectivity index (χ1v) is 9.82. The summed E-state index contributed by atoms with van der Waals surface area (Å²) in [7, 11) is 0. The van der Waals surface area contributed by atoms with Gasteiger partial charge in [-0.25, -0.2) is 4.79 Å². The molecule has 0 aromatic heterocycles. The minimum absolute atomic E-state index is 0.359. The molecule has 5 heteroatoms. The van der Waals surface area contributed by atoms with Crippen LogP contribution < -0.4 is 10.6 Å². The van der Waals surface area contributed by atoms with Crippen LogP contribution in [0, 0.1) is 0 Å². The van der Waals surface area contributed by atoms with Crippen molar-refractivity contribution in [2.75, 3.05) is 11.9 Å². The fourth-order valence-electron chi connectivity index (χ4n) is 3.27. The van der Waals surface area contributed by atoms with E-state index in [1.807, 2.05) is 60.7 Å². The van der Waals surface area contributed by atoms with Crippen molar-refractivity contribution in [3.63, 3.8) is 0 Å². The number of benzene rings is 3. The van der Waals surface area contributed by atoms with Gasteiger partial charge in [-0.2, -0.15) is 0 Å². The van der Waals surface area contributed by atoms with Gasteiger partial charge in [0.2, 0.25) is 0 Å². The maximum absolute atomic E-state index is 12.7. The van der Waals surface area contributed by atoms with Gasteiger partial charge in [-0.1, -0.05) is 48.5 Å². The number of carbonyl (C=O) groups excluding carboxylic acids is 1. The lowest BCUT2D eigenvalue weighted by Gasteiger charge is -2.26. The van der Waals surface area contributed by atoms with Crippen molar-refractivity contribution in [1.29, 1.82) is 0 Å². The van der Waals surface area contributed by atoms with E-state index in [1.54, 1.807) is 19.1 Å². The molecule has 3 aromatic carbocycles. The predicted molar refractivity (Wildman–Crippen MR) is 116 cm³/mol. The van der Waals surface area contributed by atoms with Crippen LogP contribution in [0.5, 0.6) is 0 Å². The Hall–Kier alpha value is -3.34. The fourth-order valence-corrected chi connectivity index (χ4v) is 3.27. The molecule has 0 spiro atoms. The summed E-state index contributed by atoms with van der Waals surface area (Å²) in [6.45, 7) is 2.32. The number of rotatable bonds is 9. The molecule has 1 amide bonds. The zero-order chi connectivity index (χ0) is 20.7. The third-order valence-corrected chi connectivity index (χ3v) is 5.08. The van der Waals surface area contributed by atoms with Crippen LogP contribution in [0.3, 0.4) is 0 Å². The molecule has 0 aliphatic heterocycles. The van der Waals surface area contributed by atoms with Crippen molar-refractivity contribution < 1.29 is 14.7 Å². The van der Waals surface area contributed by atoms with Crippen LogP contribution in [0.1, 0.15) is 36.5 Å². The Morgan fingerprint density at radius 3 is 2.31 bits per heavy atom. The molecular formula is C24H26N2O3. The Morgan fingerprint density at radius 2 is 1.59 bits per heavy atom. The standard InChI is InChI=1S/C24H26N2O3/c1-24(23(28)29,15-7-8-16-25-21-11-3-2-4-12-21)26-22(27)20-14-13-18-9-5-6-10-19(18)17-20/h2-6,9-14,17,25H,7-8,15-16H2,1H3,(H,26,27)(H,28,29). The fraction of sp³-hybridized carbons (Fsp3) is 0.250. The number of carboxylic acids is 1. The minimum atomic E-state index is -1.31. The second-order valence-electron chi connectivity index (χ2n) is 7.40. The highest BCUT2D eigenvalue weighted by Gasteiger charge is 2.34. The average molecular weight is 390 g/mol. The van der Waals surface area contributed by atoms with Crippen molar-refractivity contribution in [3.8, 4) is 0 Å². The number of unbranched alkanes of at least 4 members (excludes halogenated alkanes) is 1. The highest BCUT2D eigenvalue weighted by atomic mass is 16.4. The maximum atomic E-state index is 12.7. The monoisotopic (exact) mass is 390 g/mol. The molecule has 0 aliphatic carbocycles. The van der Waals surface area contributed by atoms with Crippen molar-refractivity contribution >= 4 is 28.3 Å². The first kappa shape index (κ1) is 20.4. The molecule has 0 aliphatic rings. The van der Waals surface area contributed by atoms with Gasteiger partial charge in [0.25, 0.3) is 5.91 Å². The van der Waals surface area contributed by atoms with Crippen LogP contribution in [0.2, 0.25) is 0 Å². The SMILES string of the molecule is CC(CCCCNc1ccccc1)(NC(=O)c1ccc2ccccc2c1)C(=O)O. The molecule has 3 N–H and O–H groups in total. The molecule has 0 bridgehead atoms. The first-order chi connectivity index (χ1) is 14.0. The largest absolute Gasteiger partial charge is 0.480 e. The number of anilines is 1. The van der Waals surface area contributed by atoms with E-state index < -0.39 is 11.5 Å². The van der Waals surface area contributed by atoms with Gasteiger partial charge in [0.15, 0.2) is 0 Å². The molecule has 1 unspecified atom stereocenters. The maximum Gasteiger partial charge on any atom is 0.329 e. The highest BCUT2D eigenvalue weighted by Crippen LogP contribution is 2.19. The number of fused-ring (bicyclic) bond motifs is 1. The number of carboxylic acid groups (broad SMARTS) is 1. The number of para-hydroxylation sites is 1. The first-order valence-electron chi connectivity index (χ1n) is 9.82. The summed E-state index contributed by atoms with van der Waals surface area (Å²) in [5.74, 6) is -1.40. The van der Waals surface area contributed by atoms with E-state index in [9.17, 15) is 14.7 Å². The number of aliphatic carboxylic acids is 1. The Morgan fingerprint density at radius 1 is 0.897 bits per heavy atom. The van der Waals surface area contributed by atoms with Crippen molar-refractivity contribution in [1.82, 2.24) is 5.32 Å². The lowest BCUT2D eigenvalue weighted by atomic mass is 9.94. The molecule has 0 saturated heterocycles. The summed E-state index contributed by atoms with van der Waals surface area (Å²) in [5, 5.41) is 17.7. The number of amides is 1. The van der Waals surface area contributed by atoms with Crippen molar-refractivity contribution in [2.45, 2.75) is 31.7 Å². The molecule has 29 heavy (non-hydrogen) atoms. The second kappa shape index (κ2) is 9.24. The van der Waals surface area contributed by atoms with Gasteiger partial charge in [0, 0.05) is 17.8 Å². The zero-order valence-corrected chi connectivity index (χ0v) is 16.5. The third kappa shape index (κ3) is 5.35. The quantitative estimate of drug-likeness (QED) is 0.463. The zero-order valence-electron chi connectivity index (χ0n) is 16.5. The van der Waals surface area contributed by atoms with E-state index >= 15 is 0 Å². The van der Waals surface area contributed by atoms with E-state index in [0.717, 1.165) is 29.4 Å². The summed E-state index contributed by atoms with van der Waals surface area (Å²) in [6, 6.07) is 23.0. The molecule has 0 saturated carbocycles. The number of hydrogen-bond acceptors (Lipinski definition) is 3. The minimum Gasteiger partial charge on any atom is -0.480 e. The third-order valence-electron chi connectivity index (χ3n) is 5.08. The molecule has 3 rings (SSSR count). The Kier molecular flexibility index (Phi) is 6.50. The van der Waals surface area contributed by atoms with Crippen LogP contribution in [0.4, 0.5) is 5.69 Å². The molecule has 5 nitrogen and oxygen atoms in total. The summed E-state index contributed by atoms with van der Waals surface area (Å²) in [4.78, 5) is 24.6. The lowest BCUT2D eigenvalue weighted by molar-refractivity contribution is -0.144. The number of hydrogen-bond donors (Lipinski definition) is 3. The average Bonchev–Trinajstić information content (AvgIpc) is 2.73. The smallest absolute Gasteiger partial charge is 0.329 e. The predicted octanol–water partition coefficient (Wildman–Crippen LogP) is 4.70. The number of nitrogens with one attached hydrogen (secondary N) is 2. The Bertz CT molecular complexity index is 988. The topological polar surface area (TPSA) is 78.4 Å². The van der Waals surface area contributed by atoms with Gasteiger partial charge < -0.3 is 15.7 Å². The summed E-state index contributed by atoms with van der Waals surface area (Å²) < 4.78 is 0. The van der Waals surface area contributed by atoms with Gasteiger partial charge in [-0.3, -0.25) is 4.79 Å². The number of carbonyl (C=O) groups is 2. The normalized spacial score (nSPS) is 12.9. The Labute approximate surface area is 170 Å². The van der Waals surface area contributed by atoms with Crippen molar-refractivity contribution in [2.24, 2.45) is 0 Å². The second-order valence-corrected chi connectivity index (χ2v) is 7.40. The van der Waals surface area contributed by atoms with Gasteiger partial charge >= 0.3 is 5.97 Å². The molecule has 150 valence electrons. The van der Waals surface area contributed by atoms with E-state index in [0.29, 0.717) is 18.4 Å². The van der Waals surface area contributed by atoms with Crippen LogP contribution >= 0.6 is 0 Å². The van der Waals surface area contributed by atoms with Crippen LogP contribution in [0.15, 0.2) is 72.8 Å². The summed E-state index contributed by atoms with van der Waals surface area (Å²) in [6.07, 6.45) is 1.85. The molecule has 0 fully saturated rings. The van der Waals surface area contributed by atoms with Crippen LogP contribution in [-0.2, 0) is 4.79 Å². The van der Waals surface area contributed by atoms with E-state index in [1.165, 1.54) is 0 Å². The van der Waals surface area contributed by atoms with E-state index in [-0.39, 0.29) is 5.91 Å². The van der Waals surface area contributed by atoms with Crippen molar-refractivity contribution in [3.05, 3.63) is 78.4 Å². The van der Waals surface area contributed by atoms with Gasteiger partial charge in [0.05, 0.1) is 0 Å². The van der Waals surface area contributed by atoms with Crippen LogP contribution in [0.25, 0.3) is 10.8 Å². The summed E-state index contributed by atoms with van der Waals surface area (Å²) in [5.41, 5.74) is 0.190. The molecule has 3 aromatic rings. The lowest BCUT2D eigenvalue weighted by Crippen LogP contribution is -2.52. The van der Waals surface area contributed by atoms with Gasteiger partial charge in [-0.05, 0) is 61.2 Å². The van der Waals surface area contributed by atoms with E-state index in [4.69, 9.17) is 0 Å². The molecule has 0 heterocycles. The summed E-state index contributed by atoms with van der Waals surface area (Å²) >= 11 is 0. The highest BCUT2D eigenvalue weighted by molar-refractivity contribution is 6.00. The molecular weight excluding hydrogens is 364 g/mol.